The van der Waals surface area contributed by atoms with E-state index in [1.165, 1.54) is 5.56 Å². The van der Waals surface area contributed by atoms with Gasteiger partial charge in [0, 0.05) is 31.4 Å². The third-order valence-corrected chi connectivity index (χ3v) is 5.78. The summed E-state index contributed by atoms with van der Waals surface area (Å²) in [7, 11) is 0. The van der Waals surface area contributed by atoms with Crippen LogP contribution in [0.5, 0.6) is 6.01 Å². The Labute approximate surface area is 188 Å². The smallest absolute Gasteiger partial charge is 0.319 e. The van der Waals surface area contributed by atoms with Gasteiger partial charge in [0.15, 0.2) is 5.82 Å². The van der Waals surface area contributed by atoms with Crippen LogP contribution in [0.15, 0.2) is 30.5 Å². The number of aliphatic hydroxyl groups is 1. The predicted octanol–water partition coefficient (Wildman–Crippen LogP) is 3.41. The highest BCUT2D eigenvalue weighted by atomic mass is 16.5. The molecular formula is C24H33N5O3. The number of nitrogen functional groups attached to an aromatic ring is 1. The summed E-state index contributed by atoms with van der Waals surface area (Å²) in [4.78, 5) is 14.2. The van der Waals surface area contributed by atoms with Gasteiger partial charge in [-0.1, -0.05) is 37.6 Å². The maximum Gasteiger partial charge on any atom is 0.319 e. The molecule has 3 heterocycles. The number of benzene rings is 1. The second kappa shape index (κ2) is 9.85. The summed E-state index contributed by atoms with van der Waals surface area (Å²) in [6, 6.07) is 8.31. The normalized spacial score (nSPS) is 20.5. The van der Waals surface area contributed by atoms with E-state index >= 15 is 0 Å². The van der Waals surface area contributed by atoms with Gasteiger partial charge < -0.3 is 25.3 Å². The van der Waals surface area contributed by atoms with Crippen LogP contribution in [0.3, 0.4) is 0 Å². The van der Waals surface area contributed by atoms with Crippen molar-refractivity contribution in [3.8, 4) is 6.01 Å². The monoisotopic (exact) mass is 439 g/mol. The molecule has 8 heteroatoms. The van der Waals surface area contributed by atoms with Gasteiger partial charge in [0.2, 0.25) is 0 Å². The Hall–Kier alpha value is -2.68. The molecule has 8 nitrogen and oxygen atoms in total. The molecule has 172 valence electrons. The summed E-state index contributed by atoms with van der Waals surface area (Å²) in [5.74, 6) is 0.310. The van der Waals surface area contributed by atoms with Crippen molar-refractivity contribution in [2.45, 2.75) is 58.5 Å². The van der Waals surface area contributed by atoms with Gasteiger partial charge >= 0.3 is 6.01 Å². The Kier molecular flexibility index (Phi) is 6.93. The molecule has 1 fully saturated rings. The van der Waals surface area contributed by atoms with Gasteiger partial charge in [0.25, 0.3) is 0 Å². The van der Waals surface area contributed by atoms with Crippen molar-refractivity contribution in [1.82, 2.24) is 19.9 Å². The van der Waals surface area contributed by atoms with Gasteiger partial charge in [-0.25, -0.2) is 0 Å². The largest absolute Gasteiger partial charge is 0.463 e. The average molecular weight is 440 g/mol. The highest BCUT2D eigenvalue weighted by Gasteiger charge is 2.23. The average Bonchev–Trinajstić information content (AvgIpc) is 3.18. The summed E-state index contributed by atoms with van der Waals surface area (Å²) in [6.45, 7) is 9.56. The van der Waals surface area contributed by atoms with Crippen LogP contribution < -0.4 is 10.5 Å². The molecule has 0 bridgehead atoms. The van der Waals surface area contributed by atoms with Gasteiger partial charge in [-0.2, -0.15) is 9.97 Å². The van der Waals surface area contributed by atoms with Gasteiger partial charge in [0.1, 0.15) is 17.1 Å². The van der Waals surface area contributed by atoms with Crippen molar-refractivity contribution in [2.24, 2.45) is 0 Å². The minimum Gasteiger partial charge on any atom is -0.463 e. The quantitative estimate of drug-likeness (QED) is 0.461. The third-order valence-electron chi connectivity index (χ3n) is 5.78. The first kappa shape index (κ1) is 22.5. The number of aliphatic hydroxyl groups excluding tert-OH is 1. The number of aromatic nitrogens is 3. The molecule has 0 amide bonds. The molecule has 2 aromatic heterocycles. The molecule has 32 heavy (non-hydrogen) atoms. The zero-order valence-electron chi connectivity index (χ0n) is 19.0. The van der Waals surface area contributed by atoms with Crippen LogP contribution in [-0.2, 0) is 11.3 Å². The van der Waals surface area contributed by atoms with Gasteiger partial charge in [0.05, 0.1) is 18.8 Å². The van der Waals surface area contributed by atoms with E-state index in [2.05, 4.69) is 52.8 Å². The van der Waals surface area contributed by atoms with Crippen molar-refractivity contribution in [1.29, 1.82) is 0 Å². The fraction of sp³-hybridized carbons (Fsp3) is 0.500. The number of nitrogens with zero attached hydrogens (tertiary/aromatic N) is 3. The molecule has 3 unspecified atom stereocenters. The predicted molar refractivity (Wildman–Crippen MR) is 124 cm³/mol. The first-order valence-electron chi connectivity index (χ1n) is 11.4. The number of hydrogen-bond acceptors (Lipinski definition) is 7. The van der Waals surface area contributed by atoms with Gasteiger partial charge in [-0.15, -0.1) is 0 Å². The molecule has 0 saturated carbocycles. The van der Waals surface area contributed by atoms with Crippen LogP contribution in [0.2, 0.25) is 0 Å². The summed E-state index contributed by atoms with van der Waals surface area (Å²) < 4.78 is 11.5. The maximum atomic E-state index is 11.1. The number of unbranched alkanes of at least 4 members (excludes halogenated alkanes) is 1. The Morgan fingerprint density at radius 3 is 2.62 bits per heavy atom. The molecule has 3 aromatic rings. The summed E-state index contributed by atoms with van der Waals surface area (Å²) in [6.07, 6.45) is 3.32. The Balaban J connectivity index is 1.50. The van der Waals surface area contributed by atoms with E-state index in [-0.39, 0.29) is 18.2 Å². The number of nitrogens with one attached hydrogen (secondary N) is 1. The van der Waals surface area contributed by atoms with E-state index in [4.69, 9.17) is 15.2 Å². The van der Waals surface area contributed by atoms with E-state index in [1.54, 1.807) is 6.20 Å². The highest BCUT2D eigenvalue weighted by molar-refractivity contribution is 5.88. The number of fused-ring (bicyclic) bond motifs is 1. The topological polar surface area (TPSA) is 110 Å². The highest BCUT2D eigenvalue weighted by Crippen LogP contribution is 2.31. The Morgan fingerprint density at radius 1 is 1.22 bits per heavy atom. The fourth-order valence-electron chi connectivity index (χ4n) is 4.26. The summed E-state index contributed by atoms with van der Waals surface area (Å²) in [5, 5.41) is 11.1. The van der Waals surface area contributed by atoms with Crippen molar-refractivity contribution in [3.05, 3.63) is 47.2 Å². The molecule has 0 aliphatic carbocycles. The molecule has 4 rings (SSSR count). The van der Waals surface area contributed by atoms with E-state index in [1.807, 2.05) is 12.1 Å². The fourth-order valence-corrected chi connectivity index (χ4v) is 4.26. The minimum absolute atomic E-state index is 0.237. The molecule has 1 saturated heterocycles. The van der Waals surface area contributed by atoms with E-state index in [0.717, 1.165) is 38.0 Å². The molecule has 1 aliphatic heterocycles. The van der Waals surface area contributed by atoms with Crippen LogP contribution in [0.4, 0.5) is 5.82 Å². The standard InChI is InChI=1S/C24H33N5O3/c1-4-5-10-31-24-27-20-19(11-26-21(20)23(25)28-24)22(30)18-8-6-17(7-9-18)14-29-12-15(2)32-16(3)13-29/h6-9,11,15-16,22,26,30H,4-5,10,12-14H2,1-3H3,(H2,25,27,28). The lowest BCUT2D eigenvalue weighted by Gasteiger charge is -2.35. The number of ether oxygens (including phenoxy) is 2. The van der Waals surface area contributed by atoms with Gasteiger partial charge in [-0.3, -0.25) is 4.90 Å². The summed E-state index contributed by atoms with van der Waals surface area (Å²) in [5.41, 5.74) is 9.92. The number of hydrogen-bond donors (Lipinski definition) is 3. The Bertz CT molecular complexity index is 1030. The van der Waals surface area contributed by atoms with Gasteiger partial charge in [-0.05, 0) is 31.4 Å². The second-order valence-electron chi connectivity index (χ2n) is 8.66. The molecule has 1 aliphatic rings. The molecule has 1 aromatic carbocycles. The number of morpholine rings is 1. The van der Waals surface area contributed by atoms with Crippen LogP contribution in [0, 0.1) is 0 Å². The number of nitrogens with two attached hydrogens (primary N) is 1. The number of aromatic amines is 1. The molecule has 3 atom stereocenters. The van der Waals surface area contributed by atoms with E-state index in [0.29, 0.717) is 29.0 Å². The molecule has 4 N–H and O–H groups in total. The third kappa shape index (κ3) is 5.03. The lowest BCUT2D eigenvalue weighted by atomic mass is 10.0. The molecule has 0 radical (unpaired) electrons. The van der Waals surface area contributed by atoms with Crippen molar-refractivity contribution >= 4 is 16.9 Å². The number of H-pyrrole nitrogens is 1. The van der Waals surface area contributed by atoms with Crippen molar-refractivity contribution in [2.75, 3.05) is 25.4 Å². The van der Waals surface area contributed by atoms with Crippen LogP contribution in [0.25, 0.3) is 11.0 Å². The first-order valence-corrected chi connectivity index (χ1v) is 11.4. The number of anilines is 1. The van der Waals surface area contributed by atoms with Crippen molar-refractivity contribution in [3.63, 3.8) is 0 Å². The number of rotatable bonds is 8. The van der Waals surface area contributed by atoms with Crippen LogP contribution in [0.1, 0.15) is 56.4 Å². The lowest BCUT2D eigenvalue weighted by molar-refractivity contribution is -0.0704. The Morgan fingerprint density at radius 2 is 1.94 bits per heavy atom. The van der Waals surface area contributed by atoms with Crippen LogP contribution >= 0.6 is 0 Å². The lowest BCUT2D eigenvalue weighted by Crippen LogP contribution is -2.44. The molecular weight excluding hydrogens is 406 g/mol. The maximum absolute atomic E-state index is 11.1. The molecule has 0 spiro atoms. The summed E-state index contributed by atoms with van der Waals surface area (Å²) >= 11 is 0. The first-order chi connectivity index (χ1) is 15.4. The SMILES string of the molecule is CCCCOc1nc(N)c2[nH]cc(C(O)c3ccc(CN4CC(C)OC(C)C4)cc3)c2n1. The minimum atomic E-state index is -0.834. The van der Waals surface area contributed by atoms with Crippen LogP contribution in [-0.4, -0.2) is 56.9 Å². The zero-order chi connectivity index (χ0) is 22.7. The van der Waals surface area contributed by atoms with Crippen molar-refractivity contribution < 1.29 is 14.6 Å². The zero-order valence-corrected chi connectivity index (χ0v) is 19.0. The van der Waals surface area contributed by atoms with E-state index < -0.39 is 6.10 Å². The second-order valence-corrected chi connectivity index (χ2v) is 8.66. The van der Waals surface area contributed by atoms with E-state index in [9.17, 15) is 5.11 Å².